The highest BCUT2D eigenvalue weighted by atomic mass is 32.1. The van der Waals surface area contributed by atoms with E-state index in [1.165, 1.54) is 5.38 Å². The Hall–Kier alpha value is -5.23. The Bertz CT molecular complexity index is 2370. The van der Waals surface area contributed by atoms with Gasteiger partial charge in [-0.1, -0.05) is 12.0 Å². The summed E-state index contributed by atoms with van der Waals surface area (Å²) in [6.45, 7) is 6.81. The van der Waals surface area contributed by atoms with Crippen molar-refractivity contribution in [3.63, 3.8) is 0 Å². The second-order valence-corrected chi connectivity index (χ2v) is 12.7. The SMILES string of the molecule is CC#CC(=O)N1C[C@H](C)n2nc(-c3nc(-c4ccc5c(c4)nc(C)n5C)c4scc(F)c4c3-c3c(F)cc(F)cc3OCOO)cc2[C@H]1C. The number of hydrogen-bond donors (Lipinski definition) is 1. The summed E-state index contributed by atoms with van der Waals surface area (Å²) in [6.07, 6.45) is 0. The zero-order valence-corrected chi connectivity index (χ0v) is 27.8. The van der Waals surface area contributed by atoms with E-state index in [2.05, 4.69) is 21.7 Å². The van der Waals surface area contributed by atoms with Crippen molar-refractivity contribution in [2.45, 2.75) is 39.8 Å². The van der Waals surface area contributed by atoms with Crippen molar-refractivity contribution >= 4 is 38.4 Å². The van der Waals surface area contributed by atoms with Crippen LogP contribution in [-0.4, -0.2) is 53.7 Å². The maximum atomic E-state index is 16.1. The van der Waals surface area contributed by atoms with Crippen LogP contribution in [0, 0.1) is 36.2 Å². The molecule has 2 aromatic carbocycles. The third kappa shape index (κ3) is 5.30. The average molecular weight is 687 g/mol. The number of fused-ring (bicyclic) bond motifs is 3. The van der Waals surface area contributed by atoms with Gasteiger partial charge in [0, 0.05) is 47.6 Å². The monoisotopic (exact) mass is 686 g/mol. The molecule has 1 amide bonds. The van der Waals surface area contributed by atoms with Crippen LogP contribution in [0.1, 0.15) is 44.4 Å². The topological polar surface area (TPSA) is 108 Å². The largest absolute Gasteiger partial charge is 0.464 e. The number of carbonyl (C=O) groups is 1. The van der Waals surface area contributed by atoms with Gasteiger partial charge in [0.25, 0.3) is 5.91 Å². The number of pyridine rings is 1. The van der Waals surface area contributed by atoms with Crippen LogP contribution < -0.4 is 4.74 Å². The van der Waals surface area contributed by atoms with E-state index in [1.54, 1.807) is 22.6 Å². The summed E-state index contributed by atoms with van der Waals surface area (Å²) in [5.41, 5.74) is 3.32. The zero-order chi connectivity index (χ0) is 34.7. The van der Waals surface area contributed by atoms with Crippen molar-refractivity contribution in [2.75, 3.05) is 13.3 Å². The fourth-order valence-corrected chi connectivity index (χ4v) is 7.41. The van der Waals surface area contributed by atoms with Crippen LogP contribution in [0.4, 0.5) is 13.2 Å². The summed E-state index contributed by atoms with van der Waals surface area (Å²) >= 11 is 1.08. The Morgan fingerprint density at radius 2 is 1.88 bits per heavy atom. The van der Waals surface area contributed by atoms with E-state index in [0.29, 0.717) is 39.8 Å². The molecule has 250 valence electrons. The number of carbonyl (C=O) groups excluding carboxylic acids is 1. The van der Waals surface area contributed by atoms with E-state index < -0.39 is 30.3 Å². The molecule has 6 aromatic rings. The van der Waals surface area contributed by atoms with Crippen molar-refractivity contribution in [1.82, 2.24) is 29.2 Å². The second kappa shape index (κ2) is 12.3. The number of thiophene rings is 1. The third-order valence-corrected chi connectivity index (χ3v) is 9.82. The lowest BCUT2D eigenvalue weighted by atomic mass is 9.94. The molecule has 0 unspecified atom stereocenters. The second-order valence-electron chi connectivity index (χ2n) is 11.8. The summed E-state index contributed by atoms with van der Waals surface area (Å²) in [5.74, 6) is 2.70. The number of ether oxygens (including phenoxy) is 1. The predicted octanol–water partition coefficient (Wildman–Crippen LogP) is 7.42. The first-order chi connectivity index (χ1) is 23.5. The molecule has 0 bridgehead atoms. The summed E-state index contributed by atoms with van der Waals surface area (Å²) in [7, 11) is 1.91. The standard InChI is InChI=1S/C35H29F3N6O4S/c1-6-7-29(45)43-14-17(2)44-27(18(43)3)13-25(41-44)34-32(30-22(37)11-21(36)12-28(30)47-16-48-46)31-23(38)15-49-35(31)33(40-34)20-8-9-26-24(10-20)39-19(4)42(26)5/h8-13,15,17-18,46H,14,16H2,1-5H3/t17-,18+/m0/s1. The molecule has 0 saturated heterocycles. The lowest BCUT2D eigenvalue weighted by molar-refractivity contribution is -0.278. The number of aromatic nitrogens is 5. The molecule has 1 aliphatic heterocycles. The zero-order valence-electron chi connectivity index (χ0n) is 27.0. The number of aryl methyl sites for hydroxylation is 2. The van der Waals surface area contributed by atoms with Gasteiger partial charge in [0.1, 0.15) is 40.4 Å². The van der Waals surface area contributed by atoms with Gasteiger partial charge < -0.3 is 14.2 Å². The summed E-state index contributed by atoms with van der Waals surface area (Å²) in [6, 6.07) is 8.22. The minimum atomic E-state index is -1.05. The Morgan fingerprint density at radius 1 is 1.08 bits per heavy atom. The molecule has 1 N–H and O–H groups in total. The lowest BCUT2D eigenvalue weighted by Crippen LogP contribution is -2.42. The van der Waals surface area contributed by atoms with E-state index in [0.717, 1.165) is 28.7 Å². The molecule has 0 fully saturated rings. The average Bonchev–Trinajstić information content (AvgIpc) is 3.77. The summed E-state index contributed by atoms with van der Waals surface area (Å²) in [4.78, 5) is 28.3. The summed E-state index contributed by atoms with van der Waals surface area (Å²) < 4.78 is 56.3. The first kappa shape index (κ1) is 32.3. The summed E-state index contributed by atoms with van der Waals surface area (Å²) in [5, 5.41) is 15.2. The highest BCUT2D eigenvalue weighted by Gasteiger charge is 2.35. The molecule has 10 nitrogen and oxygen atoms in total. The Labute approximate surface area is 282 Å². The Balaban J connectivity index is 1.55. The third-order valence-electron chi connectivity index (χ3n) is 8.86. The Kier molecular flexibility index (Phi) is 8.14. The predicted molar refractivity (Wildman–Crippen MR) is 178 cm³/mol. The smallest absolute Gasteiger partial charge is 0.299 e. The van der Waals surface area contributed by atoms with Gasteiger partial charge in [0.05, 0.1) is 44.8 Å². The molecular formula is C35H29F3N6O4S. The normalized spacial score (nSPS) is 15.8. The molecule has 2 atom stereocenters. The molecule has 0 radical (unpaired) electrons. The first-order valence-electron chi connectivity index (χ1n) is 15.3. The van der Waals surface area contributed by atoms with Crippen LogP contribution in [0.2, 0.25) is 0 Å². The molecule has 0 spiro atoms. The van der Waals surface area contributed by atoms with Gasteiger partial charge in [0.2, 0.25) is 6.79 Å². The van der Waals surface area contributed by atoms with Crippen LogP contribution >= 0.6 is 11.3 Å². The van der Waals surface area contributed by atoms with E-state index in [1.807, 2.05) is 50.6 Å². The van der Waals surface area contributed by atoms with Crippen molar-refractivity contribution in [2.24, 2.45) is 7.05 Å². The minimum absolute atomic E-state index is 0.0182. The molecule has 49 heavy (non-hydrogen) atoms. The number of benzene rings is 2. The van der Waals surface area contributed by atoms with Gasteiger partial charge in [-0.2, -0.15) is 9.99 Å². The number of imidazole rings is 1. The van der Waals surface area contributed by atoms with Crippen molar-refractivity contribution < 1.29 is 32.8 Å². The number of halogens is 3. The molecule has 4 aromatic heterocycles. The quantitative estimate of drug-likeness (QED) is 0.0841. The molecule has 0 saturated carbocycles. The highest BCUT2D eigenvalue weighted by Crippen LogP contribution is 2.48. The van der Waals surface area contributed by atoms with Gasteiger partial charge in [-0.25, -0.2) is 28.4 Å². The van der Waals surface area contributed by atoms with Crippen molar-refractivity contribution in [1.29, 1.82) is 0 Å². The molecule has 1 aliphatic rings. The molecule has 0 aliphatic carbocycles. The molecule has 5 heterocycles. The van der Waals surface area contributed by atoms with Crippen LogP contribution in [0.3, 0.4) is 0 Å². The van der Waals surface area contributed by atoms with Crippen LogP contribution in [0.5, 0.6) is 5.75 Å². The maximum absolute atomic E-state index is 16.1. The van der Waals surface area contributed by atoms with E-state index in [-0.39, 0.29) is 45.6 Å². The van der Waals surface area contributed by atoms with Crippen LogP contribution in [-0.2, 0) is 16.7 Å². The van der Waals surface area contributed by atoms with Crippen LogP contribution in [0.15, 0.2) is 41.8 Å². The van der Waals surface area contributed by atoms with Gasteiger partial charge in [0.15, 0.2) is 0 Å². The van der Waals surface area contributed by atoms with E-state index in [9.17, 15) is 9.18 Å². The maximum Gasteiger partial charge on any atom is 0.299 e. The Morgan fingerprint density at radius 3 is 2.63 bits per heavy atom. The first-order valence-corrected chi connectivity index (χ1v) is 16.2. The number of amides is 1. The van der Waals surface area contributed by atoms with Crippen molar-refractivity contribution in [3.8, 4) is 51.4 Å². The minimum Gasteiger partial charge on any atom is -0.464 e. The fourth-order valence-electron chi connectivity index (χ4n) is 6.48. The van der Waals surface area contributed by atoms with Gasteiger partial charge in [-0.05, 0) is 51.8 Å². The highest BCUT2D eigenvalue weighted by molar-refractivity contribution is 7.17. The van der Waals surface area contributed by atoms with Crippen LogP contribution in [0.25, 0.3) is 54.9 Å². The number of rotatable bonds is 6. The van der Waals surface area contributed by atoms with Gasteiger partial charge in [-0.15, -0.1) is 11.3 Å². The molecular weight excluding hydrogens is 657 g/mol. The number of hydrogen-bond acceptors (Lipinski definition) is 8. The number of nitrogens with zero attached hydrogens (tertiary/aromatic N) is 6. The lowest BCUT2D eigenvalue weighted by Gasteiger charge is -2.36. The van der Waals surface area contributed by atoms with E-state index >= 15 is 8.78 Å². The van der Waals surface area contributed by atoms with Gasteiger partial charge >= 0.3 is 0 Å². The molecule has 7 rings (SSSR count). The van der Waals surface area contributed by atoms with Crippen molar-refractivity contribution in [3.05, 3.63) is 70.7 Å². The van der Waals surface area contributed by atoms with Gasteiger partial charge in [-0.3, -0.25) is 9.48 Å². The van der Waals surface area contributed by atoms with E-state index in [4.69, 9.17) is 20.1 Å². The molecule has 14 heteroatoms. The fraction of sp³-hybridized carbons (Fsp3) is 0.257.